The Morgan fingerprint density at radius 3 is 2.04 bits per heavy atom. The van der Waals surface area contributed by atoms with Crippen molar-refractivity contribution in [3.05, 3.63) is 104 Å². The third-order valence-corrected chi connectivity index (χ3v) is 9.74. The Labute approximate surface area is 291 Å². The van der Waals surface area contributed by atoms with Crippen LogP contribution in [0.1, 0.15) is 73.2 Å². The number of amides is 4. The molecule has 2 aromatic heterocycles. The molecule has 48 heavy (non-hydrogen) atoms. The fourth-order valence-corrected chi connectivity index (χ4v) is 6.40. The van der Waals surface area contributed by atoms with Crippen LogP contribution in [0.15, 0.2) is 77.8 Å². The Balaban J connectivity index is 1.41. The molecular weight excluding hydrogens is 645 g/mol. The second kappa shape index (κ2) is 17.7. The molecule has 10 nitrogen and oxygen atoms in total. The number of carbonyl (C=O) groups excluding carboxylic acids is 3. The summed E-state index contributed by atoms with van der Waals surface area (Å²) < 4.78 is 5.47. The molecule has 12 heteroatoms. The molecule has 2 atom stereocenters. The maximum Gasteiger partial charge on any atom is 0.407 e. The molecular formula is C36H46N6O4S2. The van der Waals surface area contributed by atoms with Gasteiger partial charge in [-0.05, 0) is 50.7 Å². The fraction of sp³-hybridized carbons (Fsp3) is 0.417. The fourth-order valence-electron chi connectivity index (χ4n) is 5.07. The second-order valence-electron chi connectivity index (χ2n) is 12.8. The Kier molecular flexibility index (Phi) is 13.5. The number of benzene rings is 2. The van der Waals surface area contributed by atoms with Gasteiger partial charge in [-0.15, -0.1) is 22.7 Å². The first-order valence-electron chi connectivity index (χ1n) is 16.2. The lowest BCUT2D eigenvalue weighted by Crippen LogP contribution is -2.59. The van der Waals surface area contributed by atoms with E-state index in [1.807, 2.05) is 66.0 Å². The van der Waals surface area contributed by atoms with Gasteiger partial charge in [0.15, 0.2) is 0 Å². The normalized spacial score (nSPS) is 12.6. The number of nitrogens with one attached hydrogen (secondary N) is 3. The summed E-state index contributed by atoms with van der Waals surface area (Å²) in [6, 6.07) is 19.1. The van der Waals surface area contributed by atoms with Crippen molar-refractivity contribution in [3.63, 3.8) is 0 Å². The van der Waals surface area contributed by atoms with E-state index in [-0.39, 0.29) is 30.6 Å². The maximum absolute atomic E-state index is 13.7. The maximum atomic E-state index is 13.7. The van der Waals surface area contributed by atoms with Gasteiger partial charge in [-0.25, -0.2) is 14.6 Å². The minimum Gasteiger partial charge on any atom is -0.444 e. The molecule has 4 amide bonds. The number of hydrogen-bond donors (Lipinski definition) is 3. The van der Waals surface area contributed by atoms with Gasteiger partial charge in [0.1, 0.15) is 12.1 Å². The number of aromatic nitrogens is 2. The van der Waals surface area contributed by atoms with E-state index in [9.17, 15) is 14.4 Å². The lowest BCUT2D eigenvalue weighted by atomic mass is 9.95. The highest BCUT2D eigenvalue weighted by molar-refractivity contribution is 7.09. The molecule has 256 valence electrons. The largest absolute Gasteiger partial charge is 0.444 e. The van der Waals surface area contributed by atoms with Crippen LogP contribution in [0.2, 0.25) is 0 Å². The summed E-state index contributed by atoms with van der Waals surface area (Å²) in [6.45, 7) is 8.07. The van der Waals surface area contributed by atoms with Gasteiger partial charge in [0.05, 0.1) is 27.6 Å². The van der Waals surface area contributed by atoms with Gasteiger partial charge in [-0.3, -0.25) is 9.78 Å². The highest BCUT2D eigenvalue weighted by Gasteiger charge is 2.32. The van der Waals surface area contributed by atoms with Gasteiger partial charge in [0.25, 0.3) is 0 Å². The van der Waals surface area contributed by atoms with E-state index in [4.69, 9.17) is 4.74 Å². The first-order chi connectivity index (χ1) is 23.0. The van der Waals surface area contributed by atoms with E-state index in [1.165, 1.54) is 16.2 Å². The zero-order valence-electron chi connectivity index (χ0n) is 28.3. The average Bonchev–Trinajstić information content (AvgIpc) is 3.76. The van der Waals surface area contributed by atoms with Crippen LogP contribution in [-0.2, 0) is 35.5 Å². The van der Waals surface area contributed by atoms with Crippen molar-refractivity contribution < 1.29 is 19.1 Å². The number of hydrogen-bond acceptors (Lipinski definition) is 8. The summed E-state index contributed by atoms with van der Waals surface area (Å²) in [7, 11) is 1.69. The highest BCUT2D eigenvalue weighted by atomic mass is 32.1. The van der Waals surface area contributed by atoms with E-state index >= 15 is 0 Å². The van der Waals surface area contributed by atoms with E-state index in [2.05, 4.69) is 39.8 Å². The first kappa shape index (κ1) is 36.5. The predicted molar refractivity (Wildman–Crippen MR) is 191 cm³/mol. The van der Waals surface area contributed by atoms with Crippen LogP contribution in [0.4, 0.5) is 9.59 Å². The number of urea groups is 1. The Hall–Kier alpha value is -4.29. The highest BCUT2D eigenvalue weighted by Crippen LogP contribution is 2.20. The van der Waals surface area contributed by atoms with Gasteiger partial charge in [-0.2, -0.15) is 0 Å². The van der Waals surface area contributed by atoms with Crippen molar-refractivity contribution in [2.24, 2.45) is 0 Å². The molecule has 0 aliphatic rings. The molecule has 3 N–H and O–H groups in total. The van der Waals surface area contributed by atoms with Crippen LogP contribution < -0.4 is 16.0 Å². The number of rotatable bonds is 16. The standard InChI is InChI=1S/C36H46N6O4S2/c1-25(2)32-38-30(23-47-32)21-42(5)34(44)41-36(3,4)33(43)39-28(18-26-12-8-6-9-13-26)16-17-29(19-27-14-10-7-11-15-27)40-35(45)46-22-31-20-37-24-48-31/h6-15,20,23-25,28-29H,16-19,21-22H2,1-5H3,(H,39,43)(H,40,45)(H,41,44). The molecule has 0 bridgehead atoms. The smallest absolute Gasteiger partial charge is 0.407 e. The molecule has 4 rings (SSSR count). The third-order valence-electron chi connectivity index (χ3n) is 7.80. The van der Waals surface area contributed by atoms with Crippen molar-refractivity contribution in [1.29, 1.82) is 0 Å². The molecule has 4 aromatic rings. The minimum absolute atomic E-state index is 0.153. The molecule has 0 spiro atoms. The monoisotopic (exact) mass is 690 g/mol. The average molecular weight is 691 g/mol. The number of carbonyl (C=O) groups is 3. The van der Waals surface area contributed by atoms with Crippen molar-refractivity contribution in [3.8, 4) is 0 Å². The van der Waals surface area contributed by atoms with Gasteiger partial charge in [0.2, 0.25) is 5.91 Å². The van der Waals surface area contributed by atoms with Crippen molar-refractivity contribution in [2.75, 3.05) is 7.05 Å². The number of nitrogens with zero attached hydrogens (tertiary/aromatic N) is 3. The first-order valence-corrected chi connectivity index (χ1v) is 17.9. The second-order valence-corrected chi connectivity index (χ2v) is 14.6. The van der Waals surface area contributed by atoms with Gasteiger partial charge in [-0.1, -0.05) is 74.5 Å². The molecule has 2 unspecified atom stereocenters. The van der Waals surface area contributed by atoms with Gasteiger partial charge >= 0.3 is 12.1 Å². The van der Waals surface area contributed by atoms with E-state index in [0.717, 1.165) is 26.7 Å². The number of ether oxygens (including phenoxy) is 1. The van der Waals surface area contributed by atoms with Crippen LogP contribution in [0, 0.1) is 0 Å². The molecule has 2 heterocycles. The van der Waals surface area contributed by atoms with Gasteiger partial charge < -0.3 is 25.6 Å². The van der Waals surface area contributed by atoms with Gasteiger partial charge in [0, 0.05) is 36.6 Å². The number of thiazole rings is 2. The third kappa shape index (κ3) is 11.7. The lowest BCUT2D eigenvalue weighted by molar-refractivity contribution is -0.126. The van der Waals surface area contributed by atoms with Crippen molar-refractivity contribution >= 4 is 40.7 Å². The van der Waals surface area contributed by atoms with Crippen LogP contribution in [-0.4, -0.2) is 57.6 Å². The predicted octanol–water partition coefficient (Wildman–Crippen LogP) is 6.69. The van der Waals surface area contributed by atoms with Crippen LogP contribution in [0.3, 0.4) is 0 Å². The van der Waals surface area contributed by atoms with Crippen LogP contribution in [0.5, 0.6) is 0 Å². The minimum atomic E-state index is -1.19. The van der Waals surface area contributed by atoms with Crippen LogP contribution in [0.25, 0.3) is 0 Å². The molecule has 0 fully saturated rings. The van der Waals surface area contributed by atoms with E-state index in [1.54, 1.807) is 43.9 Å². The molecule has 2 aromatic carbocycles. The topological polar surface area (TPSA) is 126 Å². The zero-order chi connectivity index (χ0) is 34.5. The van der Waals surface area contributed by atoms with Crippen LogP contribution >= 0.6 is 22.7 Å². The SMILES string of the molecule is CC(C)c1nc(CN(C)C(=O)NC(C)(C)C(=O)NC(CCC(Cc2ccccc2)NC(=O)OCc2cncs2)Cc2ccccc2)cs1. The zero-order valence-corrected chi connectivity index (χ0v) is 29.9. The summed E-state index contributed by atoms with van der Waals surface area (Å²) in [5.74, 6) is 0.0270. The molecule has 0 aliphatic heterocycles. The van der Waals surface area contributed by atoms with E-state index in [0.29, 0.717) is 38.1 Å². The molecule has 0 aliphatic carbocycles. The Morgan fingerprint density at radius 1 is 0.896 bits per heavy atom. The lowest BCUT2D eigenvalue weighted by Gasteiger charge is -2.31. The van der Waals surface area contributed by atoms with Crippen molar-refractivity contribution in [2.45, 2.75) is 90.1 Å². The summed E-state index contributed by atoms with van der Waals surface area (Å²) >= 11 is 3.01. The summed E-state index contributed by atoms with van der Waals surface area (Å²) in [6.07, 6.45) is 3.55. The summed E-state index contributed by atoms with van der Waals surface area (Å²) in [5, 5.41) is 12.1. The van der Waals surface area contributed by atoms with E-state index < -0.39 is 11.6 Å². The Morgan fingerprint density at radius 2 is 1.50 bits per heavy atom. The van der Waals surface area contributed by atoms with Crippen molar-refractivity contribution in [1.82, 2.24) is 30.8 Å². The summed E-state index contributed by atoms with van der Waals surface area (Å²) in [5.41, 5.74) is 3.49. The number of alkyl carbamates (subject to hydrolysis) is 1. The molecule has 0 saturated carbocycles. The molecule has 0 saturated heterocycles. The Bertz CT molecular complexity index is 1580. The molecule has 0 radical (unpaired) electrons. The summed E-state index contributed by atoms with van der Waals surface area (Å²) in [4.78, 5) is 50.8. The quantitative estimate of drug-likeness (QED) is 0.120.